The Balaban J connectivity index is 0.000000557. The van der Waals surface area contributed by atoms with E-state index in [2.05, 4.69) is 42.9 Å². The highest BCUT2D eigenvalue weighted by molar-refractivity contribution is 7.96. The van der Waals surface area contributed by atoms with Crippen LogP contribution in [-0.4, -0.2) is 10.5 Å². The monoisotopic (exact) mass is 270 g/mol. The number of primary amides is 1. The van der Waals surface area contributed by atoms with E-state index >= 15 is 0 Å². The van der Waals surface area contributed by atoms with Crippen LogP contribution in [0.3, 0.4) is 0 Å². The van der Waals surface area contributed by atoms with Crippen LogP contribution < -0.4 is 11.1 Å². The summed E-state index contributed by atoms with van der Waals surface area (Å²) in [5.41, 5.74) is 6.41. The fraction of sp³-hybridized carbons (Fsp3) is 0.0909. The summed E-state index contributed by atoms with van der Waals surface area (Å²) in [6.07, 6.45) is 1.76. The zero-order valence-electron chi connectivity index (χ0n) is 9.09. The second-order valence-corrected chi connectivity index (χ2v) is 3.75. The third kappa shape index (κ3) is 8.41. The van der Waals surface area contributed by atoms with Crippen LogP contribution in [-0.2, 0) is 6.54 Å². The molecule has 17 heavy (non-hydrogen) atoms. The lowest BCUT2D eigenvalue weighted by molar-refractivity contribution is 0.260. The molecule has 0 saturated carbocycles. The number of amides is 2. The van der Waals surface area contributed by atoms with E-state index in [1.54, 1.807) is 6.08 Å². The van der Waals surface area contributed by atoms with Crippen molar-refractivity contribution < 1.29 is 9.59 Å². The van der Waals surface area contributed by atoms with Crippen LogP contribution in [0.5, 0.6) is 0 Å². The highest BCUT2D eigenvalue weighted by Crippen LogP contribution is 2.09. The number of rotatable bonds is 3. The average molecular weight is 270 g/mol. The quantitative estimate of drug-likeness (QED) is 0.637. The van der Waals surface area contributed by atoms with Crippen LogP contribution in [0.1, 0.15) is 11.1 Å². The van der Waals surface area contributed by atoms with Crippen molar-refractivity contribution in [1.82, 2.24) is 5.32 Å². The maximum Gasteiger partial charge on any atom is 0.276 e. The molecule has 0 bridgehead atoms. The summed E-state index contributed by atoms with van der Waals surface area (Å²) in [5, 5.41) is 1.65. The van der Waals surface area contributed by atoms with E-state index in [0.29, 0.717) is 6.54 Å². The highest BCUT2D eigenvalue weighted by atomic mass is 32.1. The molecule has 0 radical (unpaired) electrons. The molecule has 92 valence electrons. The predicted octanol–water partition coefficient (Wildman–Crippen LogP) is 2.46. The van der Waals surface area contributed by atoms with Gasteiger partial charge in [-0.1, -0.05) is 62.2 Å². The van der Waals surface area contributed by atoms with Crippen LogP contribution in [0.15, 0.2) is 30.8 Å². The van der Waals surface area contributed by atoms with Crippen LogP contribution in [0.25, 0.3) is 6.08 Å². The molecular formula is C11H14N2O2S2. The van der Waals surface area contributed by atoms with Gasteiger partial charge in [0.2, 0.25) is 0 Å². The fourth-order valence-corrected chi connectivity index (χ4v) is 1.14. The zero-order valence-corrected chi connectivity index (χ0v) is 10.9. The Kier molecular flexibility index (Phi) is 8.00. The Morgan fingerprint density at radius 2 is 1.88 bits per heavy atom. The van der Waals surface area contributed by atoms with Crippen molar-refractivity contribution in [3.63, 3.8) is 0 Å². The third-order valence-corrected chi connectivity index (χ3v) is 1.86. The van der Waals surface area contributed by atoms with Crippen molar-refractivity contribution in [2.45, 2.75) is 6.54 Å². The van der Waals surface area contributed by atoms with Gasteiger partial charge in [0.1, 0.15) is 0 Å². The molecule has 6 heteroatoms. The van der Waals surface area contributed by atoms with Crippen molar-refractivity contribution in [1.29, 1.82) is 0 Å². The Labute approximate surface area is 111 Å². The maximum atomic E-state index is 10.5. The van der Waals surface area contributed by atoms with Crippen molar-refractivity contribution in [2.24, 2.45) is 5.73 Å². The lowest BCUT2D eigenvalue weighted by atomic mass is 10.1. The third-order valence-electron chi connectivity index (χ3n) is 1.71. The maximum absolute atomic E-state index is 10.5. The normalized spacial score (nSPS) is 8.59. The number of nitrogens with one attached hydrogen (secondary N) is 1. The van der Waals surface area contributed by atoms with Crippen molar-refractivity contribution >= 4 is 41.8 Å². The molecule has 0 aliphatic carbocycles. The molecule has 0 unspecified atom stereocenters. The predicted molar refractivity (Wildman–Crippen MR) is 76.3 cm³/mol. The first kappa shape index (κ1) is 15.6. The number of carbonyl (C=O) groups excluding carboxylic acids is 2. The highest BCUT2D eigenvalue weighted by Gasteiger charge is 1.98. The van der Waals surface area contributed by atoms with E-state index in [-0.39, 0.29) is 5.24 Å². The lowest BCUT2D eigenvalue weighted by Gasteiger charge is -2.05. The van der Waals surface area contributed by atoms with Gasteiger partial charge in [-0.05, 0) is 11.1 Å². The van der Waals surface area contributed by atoms with Gasteiger partial charge in [-0.2, -0.15) is 0 Å². The van der Waals surface area contributed by atoms with Gasteiger partial charge in [-0.15, -0.1) is 0 Å². The van der Waals surface area contributed by atoms with E-state index in [1.165, 1.54) is 0 Å². The SMILES string of the molecule is C=Cc1ccccc1CNC(=O)S.NC(=O)S. The molecule has 1 aromatic rings. The van der Waals surface area contributed by atoms with E-state index < -0.39 is 5.24 Å². The topological polar surface area (TPSA) is 72.2 Å². The van der Waals surface area contributed by atoms with Crippen molar-refractivity contribution in [2.75, 3.05) is 0 Å². The molecule has 0 heterocycles. The van der Waals surface area contributed by atoms with Crippen molar-refractivity contribution in [3.8, 4) is 0 Å². The van der Waals surface area contributed by atoms with Crippen LogP contribution >= 0.6 is 25.3 Å². The molecule has 3 N–H and O–H groups in total. The van der Waals surface area contributed by atoms with Gasteiger partial charge in [0.25, 0.3) is 10.5 Å². The van der Waals surface area contributed by atoms with Gasteiger partial charge < -0.3 is 11.1 Å². The molecule has 0 atom stereocenters. The minimum absolute atomic E-state index is 0.320. The largest absolute Gasteiger partial charge is 0.361 e. The van der Waals surface area contributed by atoms with Crippen LogP contribution in [0.4, 0.5) is 9.59 Å². The number of thiol groups is 2. The summed E-state index contributed by atoms with van der Waals surface area (Å²) in [4.78, 5) is 19.6. The standard InChI is InChI=1S/C10H11NOS.CH3NOS/c1-2-8-5-3-4-6-9(8)7-11-10(12)13;2-1(3)4/h2-6H,1,7H2,(H2,11,12,13);(H3,2,3,4). The lowest BCUT2D eigenvalue weighted by Crippen LogP contribution is -2.16. The molecule has 0 fully saturated rings. The smallest absolute Gasteiger partial charge is 0.276 e. The molecule has 0 aliphatic heterocycles. The number of nitrogens with two attached hydrogens (primary N) is 1. The molecule has 1 aromatic carbocycles. The summed E-state index contributed by atoms with van der Waals surface area (Å²) in [7, 11) is 0. The summed E-state index contributed by atoms with van der Waals surface area (Å²) in [6.45, 7) is 4.18. The number of hydrogen-bond donors (Lipinski definition) is 4. The fourth-order valence-electron chi connectivity index (χ4n) is 1.07. The van der Waals surface area contributed by atoms with E-state index in [9.17, 15) is 4.79 Å². The number of carbonyl (C=O) groups is 2. The summed E-state index contributed by atoms with van der Waals surface area (Å²) < 4.78 is 0. The molecule has 4 nitrogen and oxygen atoms in total. The first-order valence-electron chi connectivity index (χ1n) is 4.63. The molecule has 0 saturated heterocycles. The molecule has 1 rings (SSSR count). The first-order valence-corrected chi connectivity index (χ1v) is 5.52. The number of hydrogen-bond acceptors (Lipinski definition) is 2. The molecular weight excluding hydrogens is 256 g/mol. The van der Waals surface area contributed by atoms with Gasteiger partial charge in [-0.25, -0.2) is 0 Å². The Hall–Kier alpha value is -1.40. The minimum atomic E-state index is -0.639. The summed E-state index contributed by atoms with van der Waals surface area (Å²) in [5.74, 6) is 0. The molecule has 0 aliphatic rings. The number of benzene rings is 1. The molecule has 0 aromatic heterocycles. The average Bonchev–Trinajstić information content (AvgIpc) is 2.26. The second-order valence-electron chi connectivity index (χ2n) is 2.90. The van der Waals surface area contributed by atoms with E-state index in [0.717, 1.165) is 11.1 Å². The molecule has 2 amide bonds. The van der Waals surface area contributed by atoms with Crippen molar-refractivity contribution in [3.05, 3.63) is 42.0 Å². The van der Waals surface area contributed by atoms with Crippen LogP contribution in [0, 0.1) is 0 Å². The Bertz CT molecular complexity index is 404. The summed E-state index contributed by atoms with van der Waals surface area (Å²) in [6, 6.07) is 7.75. The molecule has 0 spiro atoms. The summed E-state index contributed by atoms with van der Waals surface area (Å²) >= 11 is 6.72. The second kappa shape index (κ2) is 8.72. The van der Waals surface area contributed by atoms with Gasteiger partial charge in [0.15, 0.2) is 0 Å². The van der Waals surface area contributed by atoms with E-state index in [4.69, 9.17) is 4.79 Å². The minimum Gasteiger partial charge on any atom is -0.361 e. The van der Waals surface area contributed by atoms with Gasteiger partial charge >= 0.3 is 0 Å². The first-order chi connectivity index (χ1) is 7.97. The van der Waals surface area contributed by atoms with Crippen LogP contribution in [0.2, 0.25) is 0 Å². The van der Waals surface area contributed by atoms with Gasteiger partial charge in [0, 0.05) is 6.54 Å². The van der Waals surface area contributed by atoms with Gasteiger partial charge in [-0.3, -0.25) is 9.59 Å². The zero-order chi connectivity index (χ0) is 13.3. The van der Waals surface area contributed by atoms with Gasteiger partial charge in [0.05, 0.1) is 0 Å². The Morgan fingerprint density at radius 3 is 2.35 bits per heavy atom. The Morgan fingerprint density at radius 1 is 1.35 bits per heavy atom. The van der Waals surface area contributed by atoms with E-state index in [1.807, 2.05) is 24.3 Å².